The number of benzene rings is 1. The molecule has 3 heteroatoms. The molecule has 0 aliphatic carbocycles. The molecular weight excluding hydrogens is 174 g/mol. The van der Waals surface area contributed by atoms with E-state index in [1.54, 1.807) is 0 Å². The third-order valence-electron chi connectivity index (χ3n) is 2.65. The number of aryl methyl sites for hydroxylation is 3. The zero-order valence-electron chi connectivity index (χ0n) is 9.31. The summed E-state index contributed by atoms with van der Waals surface area (Å²) >= 11 is 0. The van der Waals surface area contributed by atoms with Crippen LogP contribution in [0.15, 0.2) is 12.1 Å². The standard InChI is InChI=1S/C11H19N3/c1-7-5-9(3)10(6-8(7)2)11(13-4)14-12/h5-6,11,13-14H,12H2,1-4H3. The average Bonchev–Trinajstić information content (AvgIpc) is 2.15. The fraction of sp³-hybridized carbons (Fsp3) is 0.455. The Kier molecular flexibility index (Phi) is 3.63. The monoisotopic (exact) mass is 193 g/mol. The Morgan fingerprint density at radius 3 is 2.14 bits per heavy atom. The number of hydrazine groups is 1. The molecule has 0 saturated carbocycles. The molecule has 78 valence electrons. The van der Waals surface area contributed by atoms with E-state index in [0.717, 1.165) is 0 Å². The minimum Gasteiger partial charge on any atom is -0.300 e. The Bertz CT molecular complexity index is 317. The normalized spacial score (nSPS) is 12.9. The van der Waals surface area contributed by atoms with Crippen LogP contribution in [0, 0.1) is 20.8 Å². The van der Waals surface area contributed by atoms with Crippen molar-refractivity contribution < 1.29 is 0 Å². The second-order valence-corrected chi connectivity index (χ2v) is 3.68. The van der Waals surface area contributed by atoms with Gasteiger partial charge in [0.1, 0.15) is 0 Å². The van der Waals surface area contributed by atoms with E-state index in [9.17, 15) is 0 Å². The summed E-state index contributed by atoms with van der Waals surface area (Å²) in [7, 11) is 1.89. The highest BCUT2D eigenvalue weighted by atomic mass is 15.3. The molecule has 1 unspecified atom stereocenters. The third-order valence-corrected chi connectivity index (χ3v) is 2.65. The van der Waals surface area contributed by atoms with Crippen LogP contribution in [0.25, 0.3) is 0 Å². The van der Waals surface area contributed by atoms with Crippen molar-refractivity contribution in [2.45, 2.75) is 26.9 Å². The zero-order chi connectivity index (χ0) is 10.7. The van der Waals surface area contributed by atoms with E-state index in [1.807, 2.05) is 7.05 Å². The van der Waals surface area contributed by atoms with Crippen molar-refractivity contribution in [2.24, 2.45) is 5.84 Å². The van der Waals surface area contributed by atoms with Gasteiger partial charge >= 0.3 is 0 Å². The van der Waals surface area contributed by atoms with E-state index >= 15 is 0 Å². The smallest absolute Gasteiger partial charge is 0.0961 e. The maximum absolute atomic E-state index is 5.46. The van der Waals surface area contributed by atoms with E-state index in [-0.39, 0.29) is 6.17 Å². The lowest BCUT2D eigenvalue weighted by atomic mass is 9.99. The van der Waals surface area contributed by atoms with Crippen LogP contribution in [0.5, 0.6) is 0 Å². The van der Waals surface area contributed by atoms with Gasteiger partial charge in [0.05, 0.1) is 6.17 Å². The Hall–Kier alpha value is -0.900. The van der Waals surface area contributed by atoms with Crippen molar-refractivity contribution in [3.8, 4) is 0 Å². The topological polar surface area (TPSA) is 50.1 Å². The van der Waals surface area contributed by atoms with Gasteiger partial charge in [-0.3, -0.25) is 5.84 Å². The van der Waals surface area contributed by atoms with Gasteiger partial charge in [-0.2, -0.15) is 0 Å². The van der Waals surface area contributed by atoms with E-state index in [4.69, 9.17) is 5.84 Å². The summed E-state index contributed by atoms with van der Waals surface area (Å²) in [4.78, 5) is 0. The molecule has 14 heavy (non-hydrogen) atoms. The van der Waals surface area contributed by atoms with Crippen molar-refractivity contribution in [2.75, 3.05) is 7.05 Å². The molecule has 0 amide bonds. The van der Waals surface area contributed by atoms with Gasteiger partial charge in [0.25, 0.3) is 0 Å². The summed E-state index contributed by atoms with van der Waals surface area (Å²) in [5.41, 5.74) is 7.82. The zero-order valence-corrected chi connectivity index (χ0v) is 9.31. The third kappa shape index (κ3) is 2.12. The Morgan fingerprint density at radius 2 is 1.64 bits per heavy atom. The lowest BCUT2D eigenvalue weighted by molar-refractivity contribution is 0.486. The van der Waals surface area contributed by atoms with Crippen molar-refractivity contribution in [3.63, 3.8) is 0 Å². The molecule has 0 radical (unpaired) electrons. The first kappa shape index (κ1) is 11.2. The van der Waals surface area contributed by atoms with Crippen molar-refractivity contribution in [3.05, 3.63) is 34.4 Å². The second kappa shape index (κ2) is 4.55. The summed E-state index contributed by atoms with van der Waals surface area (Å²) in [6.45, 7) is 6.33. The van der Waals surface area contributed by atoms with Crippen molar-refractivity contribution in [1.82, 2.24) is 10.7 Å². The highest BCUT2D eigenvalue weighted by Gasteiger charge is 2.10. The van der Waals surface area contributed by atoms with Gasteiger partial charge < -0.3 is 5.32 Å². The Balaban J connectivity index is 3.14. The van der Waals surface area contributed by atoms with Gasteiger partial charge in [-0.25, -0.2) is 5.43 Å². The van der Waals surface area contributed by atoms with E-state index in [2.05, 4.69) is 43.6 Å². The second-order valence-electron chi connectivity index (χ2n) is 3.68. The molecule has 0 bridgehead atoms. The minimum atomic E-state index is 0.0225. The summed E-state index contributed by atoms with van der Waals surface area (Å²) in [5, 5.41) is 3.12. The van der Waals surface area contributed by atoms with Gasteiger partial charge in [0.15, 0.2) is 0 Å². The highest BCUT2D eigenvalue weighted by Crippen LogP contribution is 2.19. The van der Waals surface area contributed by atoms with Crippen LogP contribution in [0.3, 0.4) is 0 Å². The highest BCUT2D eigenvalue weighted by molar-refractivity contribution is 5.37. The molecule has 0 aliphatic rings. The SMILES string of the molecule is CNC(NN)c1cc(C)c(C)cc1C. The first-order valence-corrected chi connectivity index (χ1v) is 4.81. The average molecular weight is 193 g/mol. The van der Waals surface area contributed by atoms with Crippen LogP contribution >= 0.6 is 0 Å². The lowest BCUT2D eigenvalue weighted by Crippen LogP contribution is -2.37. The van der Waals surface area contributed by atoms with Gasteiger partial charge in [-0.1, -0.05) is 12.1 Å². The quantitative estimate of drug-likeness (QED) is 0.385. The van der Waals surface area contributed by atoms with Gasteiger partial charge in [-0.15, -0.1) is 0 Å². The number of hydrogen-bond acceptors (Lipinski definition) is 3. The summed E-state index contributed by atoms with van der Waals surface area (Å²) in [6.07, 6.45) is 0.0225. The molecule has 1 rings (SSSR count). The maximum atomic E-state index is 5.46. The number of hydrogen-bond donors (Lipinski definition) is 3. The molecule has 1 aromatic carbocycles. The van der Waals surface area contributed by atoms with Crippen LogP contribution in [-0.2, 0) is 0 Å². The molecule has 0 aliphatic heterocycles. The molecule has 0 aromatic heterocycles. The minimum absolute atomic E-state index is 0.0225. The van der Waals surface area contributed by atoms with Gasteiger partial charge in [-0.05, 0) is 50.1 Å². The number of nitrogens with one attached hydrogen (secondary N) is 2. The fourth-order valence-electron chi connectivity index (χ4n) is 1.62. The van der Waals surface area contributed by atoms with E-state index in [0.29, 0.717) is 0 Å². The Labute approximate surface area is 85.7 Å². The van der Waals surface area contributed by atoms with E-state index in [1.165, 1.54) is 22.3 Å². The molecule has 1 aromatic rings. The molecule has 4 N–H and O–H groups in total. The first-order valence-electron chi connectivity index (χ1n) is 4.81. The molecule has 0 spiro atoms. The Morgan fingerprint density at radius 1 is 1.07 bits per heavy atom. The lowest BCUT2D eigenvalue weighted by Gasteiger charge is -2.19. The number of nitrogens with two attached hydrogens (primary N) is 1. The van der Waals surface area contributed by atoms with Crippen LogP contribution in [0.4, 0.5) is 0 Å². The van der Waals surface area contributed by atoms with Gasteiger partial charge in [0, 0.05) is 0 Å². The van der Waals surface area contributed by atoms with Crippen molar-refractivity contribution in [1.29, 1.82) is 0 Å². The predicted octanol–water partition coefficient (Wildman–Crippen LogP) is 1.29. The maximum Gasteiger partial charge on any atom is 0.0961 e. The molecule has 3 nitrogen and oxygen atoms in total. The van der Waals surface area contributed by atoms with E-state index < -0.39 is 0 Å². The molecule has 0 saturated heterocycles. The molecular formula is C11H19N3. The summed E-state index contributed by atoms with van der Waals surface area (Å²) in [5.74, 6) is 5.46. The fourth-order valence-corrected chi connectivity index (χ4v) is 1.62. The van der Waals surface area contributed by atoms with Crippen LogP contribution in [-0.4, -0.2) is 7.05 Å². The van der Waals surface area contributed by atoms with Crippen LogP contribution in [0.2, 0.25) is 0 Å². The van der Waals surface area contributed by atoms with Crippen LogP contribution in [0.1, 0.15) is 28.4 Å². The predicted molar refractivity (Wildman–Crippen MR) is 59.8 cm³/mol. The van der Waals surface area contributed by atoms with Crippen LogP contribution < -0.4 is 16.6 Å². The molecule has 1 atom stereocenters. The van der Waals surface area contributed by atoms with Crippen molar-refractivity contribution >= 4 is 0 Å². The molecule has 0 fully saturated rings. The summed E-state index contributed by atoms with van der Waals surface area (Å²) in [6, 6.07) is 4.36. The largest absolute Gasteiger partial charge is 0.300 e. The molecule has 0 heterocycles. The number of rotatable bonds is 3. The first-order chi connectivity index (χ1) is 6.60. The van der Waals surface area contributed by atoms with Gasteiger partial charge in [0.2, 0.25) is 0 Å². The summed E-state index contributed by atoms with van der Waals surface area (Å²) < 4.78 is 0.